The Morgan fingerprint density at radius 3 is 2.46 bits per heavy atom. The maximum absolute atomic E-state index is 14.0. The number of hydrogen-bond donors (Lipinski definition) is 1. The standard InChI is InChI=1S/C29H31N3O5/c1-6-37-29(36)24-17(4)22(18(5)31-24)26(33)23-25(21-11-9-20(10-12-21)16(2)3)32(28(35)27(23)34)15-19-8-7-13-30-14-19/h7-14,16,25,31,33H,6,15H2,1-5H3. The molecule has 1 atom stereocenters. The number of pyridine rings is 1. The van der Waals surface area contributed by atoms with Crippen LogP contribution in [0.4, 0.5) is 0 Å². The summed E-state index contributed by atoms with van der Waals surface area (Å²) in [6.07, 6.45) is 3.50. The molecule has 1 aromatic carbocycles. The number of likely N-dealkylation sites (tertiary alicyclic amines) is 1. The second-order valence-electron chi connectivity index (χ2n) is 9.49. The fourth-order valence-corrected chi connectivity index (χ4v) is 4.80. The molecule has 0 saturated carbocycles. The summed E-state index contributed by atoms with van der Waals surface area (Å²) in [4.78, 5) is 46.5. The van der Waals surface area contributed by atoms with Crippen LogP contribution in [0, 0.1) is 13.8 Å². The smallest absolute Gasteiger partial charge is 0.355 e. The van der Waals surface area contributed by atoms with E-state index in [0.717, 1.165) is 11.1 Å². The molecular weight excluding hydrogens is 470 g/mol. The van der Waals surface area contributed by atoms with Gasteiger partial charge in [-0.05, 0) is 55.0 Å². The topological polar surface area (TPSA) is 117 Å². The number of ether oxygens (including phenoxy) is 1. The van der Waals surface area contributed by atoms with Crippen LogP contribution in [0.25, 0.3) is 5.76 Å². The summed E-state index contributed by atoms with van der Waals surface area (Å²) in [5, 5.41) is 14.0. The Balaban J connectivity index is 1.89. The van der Waals surface area contributed by atoms with E-state index >= 15 is 0 Å². The number of ketones is 1. The van der Waals surface area contributed by atoms with Gasteiger partial charge < -0.3 is 19.7 Å². The molecule has 37 heavy (non-hydrogen) atoms. The summed E-state index contributed by atoms with van der Waals surface area (Å²) in [6.45, 7) is 9.48. The highest BCUT2D eigenvalue weighted by Gasteiger charge is 2.44. The van der Waals surface area contributed by atoms with E-state index < -0.39 is 29.5 Å². The molecule has 1 amide bonds. The van der Waals surface area contributed by atoms with Crippen LogP contribution in [0.1, 0.15) is 76.7 Å². The summed E-state index contributed by atoms with van der Waals surface area (Å²) in [5.41, 5.74) is 3.63. The molecule has 1 unspecified atom stereocenters. The van der Waals surface area contributed by atoms with Gasteiger partial charge in [0.1, 0.15) is 5.69 Å². The minimum absolute atomic E-state index is 0.122. The molecule has 1 fully saturated rings. The molecule has 0 aliphatic carbocycles. The molecule has 192 valence electrons. The molecule has 8 nitrogen and oxygen atoms in total. The van der Waals surface area contributed by atoms with Gasteiger partial charge in [0.05, 0.1) is 19.2 Å². The van der Waals surface area contributed by atoms with E-state index in [4.69, 9.17) is 4.74 Å². The zero-order valence-electron chi connectivity index (χ0n) is 21.7. The Kier molecular flexibility index (Phi) is 7.29. The van der Waals surface area contributed by atoms with E-state index in [1.165, 1.54) is 4.90 Å². The van der Waals surface area contributed by atoms with Crippen molar-refractivity contribution in [3.8, 4) is 0 Å². The Morgan fingerprint density at radius 2 is 1.86 bits per heavy atom. The number of carbonyl (C=O) groups excluding carboxylic acids is 3. The molecular formula is C29H31N3O5. The predicted octanol–water partition coefficient (Wildman–Crippen LogP) is 3.17. The maximum Gasteiger partial charge on any atom is 0.355 e. The van der Waals surface area contributed by atoms with E-state index in [-0.39, 0.29) is 30.0 Å². The average molecular weight is 502 g/mol. The van der Waals surface area contributed by atoms with Crippen LogP contribution in [0.5, 0.6) is 0 Å². The minimum Gasteiger partial charge on any atom is -0.872 e. The molecule has 2 aromatic heterocycles. The zero-order chi connectivity index (χ0) is 26.9. The molecule has 1 aliphatic rings. The third-order valence-corrected chi connectivity index (χ3v) is 6.72. The normalized spacial score (nSPS) is 17.0. The van der Waals surface area contributed by atoms with Crippen LogP contribution in [0.15, 0.2) is 54.4 Å². The molecule has 1 saturated heterocycles. The van der Waals surface area contributed by atoms with Crippen LogP contribution in [-0.2, 0) is 20.9 Å². The number of nitrogens with zero attached hydrogens (tertiary/aromatic N) is 1. The number of nitrogens with one attached hydrogen (secondary N) is 2. The molecule has 0 radical (unpaired) electrons. The van der Waals surface area contributed by atoms with Gasteiger partial charge in [-0.15, -0.1) is 0 Å². The van der Waals surface area contributed by atoms with Gasteiger partial charge in [0.25, 0.3) is 5.91 Å². The molecule has 4 rings (SSSR count). The largest absolute Gasteiger partial charge is 0.872 e. The van der Waals surface area contributed by atoms with Crippen LogP contribution >= 0.6 is 0 Å². The number of Topliss-reactive ketones (excluding diaryl/α,β-unsaturated/α-hetero) is 1. The van der Waals surface area contributed by atoms with Gasteiger partial charge in [0.15, 0.2) is 12.4 Å². The minimum atomic E-state index is -0.867. The monoisotopic (exact) mass is 501 g/mol. The fraction of sp³-hybridized carbons (Fsp3) is 0.310. The molecule has 3 heterocycles. The zero-order valence-corrected chi connectivity index (χ0v) is 21.7. The van der Waals surface area contributed by atoms with Crippen molar-refractivity contribution in [1.82, 2.24) is 9.88 Å². The lowest BCUT2D eigenvalue weighted by atomic mass is 9.92. The van der Waals surface area contributed by atoms with Crippen molar-refractivity contribution in [3.05, 3.63) is 93.6 Å². The van der Waals surface area contributed by atoms with E-state index in [2.05, 4.69) is 23.8 Å². The number of carbonyl (C=O) groups is 3. The molecule has 1 aliphatic heterocycles. The highest BCUT2D eigenvalue weighted by Crippen LogP contribution is 2.41. The van der Waals surface area contributed by atoms with Gasteiger partial charge in [-0.1, -0.05) is 43.9 Å². The molecule has 0 bridgehead atoms. The first-order valence-corrected chi connectivity index (χ1v) is 12.3. The Hall–Kier alpha value is -4.20. The second kappa shape index (κ2) is 10.4. The number of hydrogen-bond acceptors (Lipinski definition) is 5. The Labute approximate surface area is 216 Å². The molecule has 3 aromatic rings. The molecule has 2 N–H and O–H groups in total. The van der Waals surface area contributed by atoms with E-state index in [9.17, 15) is 19.5 Å². The summed E-state index contributed by atoms with van der Waals surface area (Å²) < 4.78 is 5.10. The number of aromatic amines is 2. The Morgan fingerprint density at radius 1 is 1.16 bits per heavy atom. The first kappa shape index (κ1) is 25.9. The summed E-state index contributed by atoms with van der Waals surface area (Å²) in [7, 11) is 0. The van der Waals surface area contributed by atoms with Crippen LogP contribution in [-0.4, -0.2) is 34.2 Å². The first-order valence-electron chi connectivity index (χ1n) is 12.3. The highest BCUT2D eigenvalue weighted by atomic mass is 16.5. The lowest BCUT2D eigenvalue weighted by Gasteiger charge is -2.28. The van der Waals surface area contributed by atoms with Gasteiger partial charge in [-0.25, -0.2) is 9.78 Å². The summed E-state index contributed by atoms with van der Waals surface area (Å²) >= 11 is 0. The molecule has 8 heteroatoms. The maximum atomic E-state index is 14.0. The SMILES string of the molecule is CCOC(=O)c1[nH]c(C)c(C([O-])=C2C(=O)C(=O)N(Cc3ccc[nH+]c3)C2c2ccc(C(C)C)cc2)c1C. The van der Waals surface area contributed by atoms with Crippen LogP contribution < -0.4 is 10.1 Å². The fourth-order valence-electron chi connectivity index (χ4n) is 4.80. The quantitative estimate of drug-likeness (QED) is 0.231. The van der Waals surface area contributed by atoms with Crippen molar-refractivity contribution in [1.29, 1.82) is 0 Å². The van der Waals surface area contributed by atoms with Crippen LogP contribution in [0.3, 0.4) is 0 Å². The Bertz CT molecular complexity index is 1370. The van der Waals surface area contributed by atoms with Gasteiger partial charge in [0.2, 0.25) is 5.78 Å². The third-order valence-electron chi connectivity index (χ3n) is 6.72. The first-order chi connectivity index (χ1) is 17.6. The number of rotatable bonds is 7. The number of benzene rings is 1. The second-order valence-corrected chi connectivity index (χ2v) is 9.49. The number of H-pyrrole nitrogens is 2. The summed E-state index contributed by atoms with van der Waals surface area (Å²) in [5.74, 6) is -2.42. The predicted molar refractivity (Wildman–Crippen MR) is 135 cm³/mol. The van der Waals surface area contributed by atoms with Crippen molar-refractivity contribution in [3.63, 3.8) is 0 Å². The summed E-state index contributed by atoms with van der Waals surface area (Å²) in [6, 6.07) is 10.4. The van der Waals surface area contributed by atoms with E-state index in [0.29, 0.717) is 22.7 Å². The number of amides is 1. The van der Waals surface area contributed by atoms with Crippen molar-refractivity contribution in [2.75, 3.05) is 6.61 Å². The van der Waals surface area contributed by atoms with Crippen molar-refractivity contribution < 1.29 is 29.2 Å². The lowest BCUT2D eigenvalue weighted by molar-refractivity contribution is -0.378. The number of esters is 1. The van der Waals surface area contributed by atoms with Gasteiger partial charge >= 0.3 is 5.97 Å². The number of aromatic nitrogens is 2. The van der Waals surface area contributed by atoms with Gasteiger partial charge in [-0.2, -0.15) is 0 Å². The van der Waals surface area contributed by atoms with E-state index in [1.807, 2.05) is 36.4 Å². The van der Waals surface area contributed by atoms with Gasteiger partial charge in [-0.3, -0.25) is 9.59 Å². The van der Waals surface area contributed by atoms with Gasteiger partial charge in [0, 0.05) is 22.9 Å². The average Bonchev–Trinajstić information content (AvgIpc) is 3.32. The number of aryl methyl sites for hydroxylation is 1. The highest BCUT2D eigenvalue weighted by molar-refractivity contribution is 6.46. The molecule has 0 spiro atoms. The van der Waals surface area contributed by atoms with E-state index in [1.54, 1.807) is 33.2 Å². The van der Waals surface area contributed by atoms with Crippen LogP contribution in [0.2, 0.25) is 0 Å². The van der Waals surface area contributed by atoms with Crippen molar-refractivity contribution in [2.45, 2.75) is 53.1 Å². The lowest BCUT2D eigenvalue weighted by Crippen LogP contribution is -2.29. The third kappa shape index (κ3) is 4.79. The van der Waals surface area contributed by atoms with Crippen molar-refractivity contribution in [2.24, 2.45) is 0 Å². The van der Waals surface area contributed by atoms with Crippen molar-refractivity contribution >= 4 is 23.4 Å².